The third-order valence-corrected chi connectivity index (χ3v) is 4.39. The van der Waals surface area contributed by atoms with Gasteiger partial charge in [-0.15, -0.1) is 10.2 Å². The molecule has 0 spiro atoms. The molecular weight excluding hydrogens is 270 g/mol. The van der Waals surface area contributed by atoms with Crippen LogP contribution in [-0.2, 0) is 11.2 Å². The topological polar surface area (TPSA) is 79.5 Å². The summed E-state index contributed by atoms with van der Waals surface area (Å²) in [6.07, 6.45) is 7.71. The molecule has 0 bridgehead atoms. The maximum Gasteiger partial charge on any atom is 0.223 e. The van der Waals surface area contributed by atoms with E-state index in [0.717, 1.165) is 31.6 Å². The van der Waals surface area contributed by atoms with Crippen molar-refractivity contribution in [2.45, 2.75) is 63.3 Å². The number of aromatic nitrogens is 2. The SMILES string of the molecule is O=C(CCc1nnc(C2CCCC2)o1)N(CCO)C1CC1. The lowest BCUT2D eigenvalue weighted by Gasteiger charge is -2.20. The molecule has 21 heavy (non-hydrogen) atoms. The van der Waals surface area contributed by atoms with Crippen molar-refractivity contribution in [2.24, 2.45) is 0 Å². The normalized spacial score (nSPS) is 19.1. The van der Waals surface area contributed by atoms with E-state index >= 15 is 0 Å². The number of rotatable bonds is 7. The first-order valence-electron chi connectivity index (χ1n) is 8.00. The van der Waals surface area contributed by atoms with Gasteiger partial charge < -0.3 is 14.4 Å². The molecule has 0 atom stereocenters. The van der Waals surface area contributed by atoms with E-state index in [9.17, 15) is 4.79 Å². The van der Waals surface area contributed by atoms with Gasteiger partial charge in [-0.3, -0.25) is 4.79 Å². The zero-order valence-electron chi connectivity index (χ0n) is 12.3. The van der Waals surface area contributed by atoms with Gasteiger partial charge in [-0.1, -0.05) is 12.8 Å². The van der Waals surface area contributed by atoms with Crippen LogP contribution in [-0.4, -0.2) is 45.3 Å². The van der Waals surface area contributed by atoms with Crippen molar-refractivity contribution in [3.8, 4) is 0 Å². The zero-order valence-corrected chi connectivity index (χ0v) is 12.3. The number of aryl methyl sites for hydroxylation is 1. The standard InChI is InChI=1S/C15H23N3O3/c19-10-9-18(12-5-6-12)14(20)8-7-13-16-17-15(21-13)11-3-1-2-4-11/h11-12,19H,1-10H2. The molecule has 2 aliphatic rings. The van der Waals surface area contributed by atoms with Crippen molar-refractivity contribution in [1.29, 1.82) is 0 Å². The molecule has 1 aromatic heterocycles. The van der Waals surface area contributed by atoms with Crippen molar-refractivity contribution in [2.75, 3.05) is 13.2 Å². The highest BCUT2D eigenvalue weighted by Crippen LogP contribution is 2.33. The smallest absolute Gasteiger partial charge is 0.223 e. The Kier molecular flexibility index (Phi) is 4.53. The fourth-order valence-electron chi connectivity index (χ4n) is 3.07. The summed E-state index contributed by atoms with van der Waals surface area (Å²) in [6.45, 7) is 0.454. The summed E-state index contributed by atoms with van der Waals surface area (Å²) in [5.74, 6) is 1.79. The number of hydrogen-bond donors (Lipinski definition) is 1. The van der Waals surface area contributed by atoms with E-state index in [1.165, 1.54) is 12.8 Å². The molecule has 1 amide bonds. The first-order chi connectivity index (χ1) is 10.3. The lowest BCUT2D eigenvalue weighted by molar-refractivity contribution is -0.132. The van der Waals surface area contributed by atoms with Gasteiger partial charge in [0.1, 0.15) is 0 Å². The lowest BCUT2D eigenvalue weighted by atomic mass is 10.1. The molecule has 2 fully saturated rings. The Bertz CT molecular complexity index is 478. The van der Waals surface area contributed by atoms with E-state index in [2.05, 4.69) is 10.2 Å². The minimum Gasteiger partial charge on any atom is -0.425 e. The number of amides is 1. The molecule has 0 saturated heterocycles. The van der Waals surface area contributed by atoms with E-state index in [1.807, 2.05) is 0 Å². The first kappa shape index (κ1) is 14.5. The van der Waals surface area contributed by atoms with Crippen molar-refractivity contribution in [1.82, 2.24) is 15.1 Å². The Morgan fingerprint density at radius 2 is 2.00 bits per heavy atom. The number of hydrogen-bond acceptors (Lipinski definition) is 5. The van der Waals surface area contributed by atoms with Crippen LogP contribution in [0.4, 0.5) is 0 Å². The molecule has 6 heteroatoms. The number of carbonyl (C=O) groups excluding carboxylic acids is 1. The number of carbonyl (C=O) groups is 1. The second kappa shape index (κ2) is 6.56. The quantitative estimate of drug-likeness (QED) is 0.826. The minimum atomic E-state index is 0.0224. The van der Waals surface area contributed by atoms with Gasteiger partial charge >= 0.3 is 0 Å². The van der Waals surface area contributed by atoms with Crippen LogP contribution in [0.25, 0.3) is 0 Å². The number of nitrogens with zero attached hydrogens (tertiary/aromatic N) is 3. The van der Waals surface area contributed by atoms with E-state index in [1.54, 1.807) is 4.90 Å². The van der Waals surface area contributed by atoms with Crippen LogP contribution in [0.3, 0.4) is 0 Å². The summed E-state index contributed by atoms with van der Waals surface area (Å²) < 4.78 is 5.69. The van der Waals surface area contributed by atoms with Crippen LogP contribution >= 0.6 is 0 Å². The summed E-state index contributed by atoms with van der Waals surface area (Å²) in [5, 5.41) is 17.2. The molecule has 3 rings (SSSR count). The van der Waals surface area contributed by atoms with Crippen LogP contribution < -0.4 is 0 Å². The summed E-state index contributed by atoms with van der Waals surface area (Å²) in [6, 6.07) is 0.335. The molecule has 0 aliphatic heterocycles. The Morgan fingerprint density at radius 3 is 2.67 bits per heavy atom. The second-order valence-electron chi connectivity index (χ2n) is 6.06. The number of aliphatic hydroxyl groups excluding tert-OH is 1. The molecule has 0 radical (unpaired) electrons. The van der Waals surface area contributed by atoms with Gasteiger partial charge in [0.05, 0.1) is 6.61 Å². The molecular formula is C15H23N3O3. The molecule has 6 nitrogen and oxygen atoms in total. The van der Waals surface area contributed by atoms with Gasteiger partial charge in [0.15, 0.2) is 0 Å². The van der Waals surface area contributed by atoms with Gasteiger partial charge in [0.2, 0.25) is 17.7 Å². The van der Waals surface area contributed by atoms with Gasteiger partial charge in [-0.2, -0.15) is 0 Å². The maximum atomic E-state index is 12.2. The van der Waals surface area contributed by atoms with E-state index in [0.29, 0.717) is 37.2 Å². The monoisotopic (exact) mass is 293 g/mol. The zero-order chi connectivity index (χ0) is 14.7. The largest absolute Gasteiger partial charge is 0.425 e. The van der Waals surface area contributed by atoms with Crippen molar-refractivity contribution < 1.29 is 14.3 Å². The van der Waals surface area contributed by atoms with Crippen LogP contribution in [0.1, 0.15) is 62.6 Å². The predicted molar refractivity (Wildman–Crippen MR) is 75.6 cm³/mol. The fourth-order valence-corrected chi connectivity index (χ4v) is 3.07. The molecule has 2 saturated carbocycles. The fraction of sp³-hybridized carbons (Fsp3) is 0.800. The minimum absolute atomic E-state index is 0.0224. The highest BCUT2D eigenvalue weighted by Gasteiger charge is 2.32. The third kappa shape index (κ3) is 3.61. The summed E-state index contributed by atoms with van der Waals surface area (Å²) in [5.41, 5.74) is 0. The van der Waals surface area contributed by atoms with E-state index in [4.69, 9.17) is 9.52 Å². The third-order valence-electron chi connectivity index (χ3n) is 4.39. The lowest BCUT2D eigenvalue weighted by Crippen LogP contribution is -2.35. The van der Waals surface area contributed by atoms with Gasteiger partial charge in [0, 0.05) is 31.3 Å². The Morgan fingerprint density at radius 1 is 1.24 bits per heavy atom. The van der Waals surface area contributed by atoms with Crippen molar-refractivity contribution >= 4 is 5.91 Å². The molecule has 1 aromatic rings. The van der Waals surface area contributed by atoms with Crippen LogP contribution in [0, 0.1) is 0 Å². The molecule has 2 aliphatic carbocycles. The highest BCUT2D eigenvalue weighted by atomic mass is 16.4. The maximum absolute atomic E-state index is 12.2. The van der Waals surface area contributed by atoms with Gasteiger partial charge in [-0.05, 0) is 25.7 Å². The number of aliphatic hydroxyl groups is 1. The molecule has 0 aromatic carbocycles. The predicted octanol–water partition coefficient (Wildman–Crippen LogP) is 1.64. The average molecular weight is 293 g/mol. The van der Waals surface area contributed by atoms with Crippen molar-refractivity contribution in [3.05, 3.63) is 11.8 Å². The van der Waals surface area contributed by atoms with Gasteiger partial charge in [-0.25, -0.2) is 0 Å². The van der Waals surface area contributed by atoms with Crippen LogP contribution in [0.15, 0.2) is 4.42 Å². The first-order valence-corrected chi connectivity index (χ1v) is 8.00. The summed E-state index contributed by atoms with van der Waals surface area (Å²) >= 11 is 0. The second-order valence-corrected chi connectivity index (χ2v) is 6.06. The van der Waals surface area contributed by atoms with Crippen LogP contribution in [0.5, 0.6) is 0 Å². The van der Waals surface area contributed by atoms with E-state index < -0.39 is 0 Å². The summed E-state index contributed by atoms with van der Waals surface area (Å²) in [4.78, 5) is 14.0. The Labute approximate surface area is 124 Å². The van der Waals surface area contributed by atoms with Gasteiger partial charge in [0.25, 0.3) is 0 Å². The highest BCUT2D eigenvalue weighted by molar-refractivity contribution is 5.77. The Hall–Kier alpha value is -1.43. The van der Waals surface area contributed by atoms with E-state index in [-0.39, 0.29) is 12.5 Å². The Balaban J connectivity index is 1.51. The molecule has 1 N–H and O–H groups in total. The molecule has 116 valence electrons. The molecule has 0 unspecified atom stereocenters. The van der Waals surface area contributed by atoms with Crippen LogP contribution in [0.2, 0.25) is 0 Å². The molecule has 1 heterocycles. The summed E-state index contributed by atoms with van der Waals surface area (Å²) in [7, 11) is 0. The average Bonchev–Trinajstić information content (AvgIpc) is 3.00. The van der Waals surface area contributed by atoms with Crippen molar-refractivity contribution in [3.63, 3.8) is 0 Å².